The van der Waals surface area contributed by atoms with Crippen molar-refractivity contribution in [2.75, 3.05) is 11.1 Å². The van der Waals surface area contributed by atoms with Gasteiger partial charge in [0.15, 0.2) is 0 Å². The minimum atomic E-state index is -0.159. The lowest BCUT2D eigenvalue weighted by molar-refractivity contribution is 0.102. The number of hydrogen-bond acceptors (Lipinski definition) is 3. The highest BCUT2D eigenvalue weighted by Gasteiger charge is 2.14. The van der Waals surface area contributed by atoms with E-state index in [-0.39, 0.29) is 5.91 Å². The summed E-state index contributed by atoms with van der Waals surface area (Å²) >= 11 is 0. The highest BCUT2D eigenvalue weighted by atomic mass is 16.1. The van der Waals surface area contributed by atoms with E-state index in [9.17, 15) is 4.79 Å². The summed E-state index contributed by atoms with van der Waals surface area (Å²) in [5.74, 6) is -0.159. The number of benzene rings is 1. The minimum absolute atomic E-state index is 0.159. The van der Waals surface area contributed by atoms with Crippen molar-refractivity contribution in [2.24, 2.45) is 7.05 Å². The molecule has 2 rings (SSSR count). The maximum Gasteiger partial charge on any atom is 0.259 e. The van der Waals surface area contributed by atoms with Crippen molar-refractivity contribution in [3.63, 3.8) is 0 Å². The number of nitrogens with two attached hydrogens (primary N) is 1. The fourth-order valence-corrected chi connectivity index (χ4v) is 1.90. The zero-order valence-corrected chi connectivity index (χ0v) is 11.4. The van der Waals surface area contributed by atoms with Gasteiger partial charge >= 0.3 is 0 Å². The molecule has 0 bridgehead atoms. The average Bonchev–Trinajstić information content (AvgIpc) is 2.75. The van der Waals surface area contributed by atoms with Gasteiger partial charge in [-0.1, -0.05) is 13.0 Å². The van der Waals surface area contributed by atoms with Gasteiger partial charge in [-0.3, -0.25) is 9.48 Å². The Morgan fingerprint density at radius 3 is 2.84 bits per heavy atom. The number of rotatable bonds is 3. The molecular weight excluding hydrogens is 240 g/mol. The van der Waals surface area contributed by atoms with Crippen LogP contribution in [0.3, 0.4) is 0 Å². The van der Waals surface area contributed by atoms with Crippen molar-refractivity contribution < 1.29 is 4.79 Å². The van der Waals surface area contributed by atoms with E-state index in [1.54, 1.807) is 24.0 Å². The molecular formula is C14H18N4O. The Kier molecular flexibility index (Phi) is 3.55. The van der Waals surface area contributed by atoms with Crippen molar-refractivity contribution in [1.82, 2.24) is 9.78 Å². The van der Waals surface area contributed by atoms with E-state index >= 15 is 0 Å². The Hall–Kier alpha value is -2.30. The third kappa shape index (κ3) is 2.76. The molecule has 0 aliphatic carbocycles. The first-order chi connectivity index (χ1) is 9.01. The number of nitrogens with zero attached hydrogens (tertiary/aromatic N) is 2. The van der Waals surface area contributed by atoms with Crippen LogP contribution in [0, 0.1) is 6.92 Å². The zero-order chi connectivity index (χ0) is 14.0. The molecule has 0 radical (unpaired) electrons. The highest BCUT2D eigenvalue weighted by molar-refractivity contribution is 6.05. The molecule has 2 aromatic rings. The molecule has 1 aromatic carbocycles. The first-order valence-electron chi connectivity index (χ1n) is 6.21. The molecule has 100 valence electrons. The second kappa shape index (κ2) is 5.14. The molecule has 0 unspecified atom stereocenters. The van der Waals surface area contributed by atoms with Crippen molar-refractivity contribution in [3.05, 3.63) is 41.2 Å². The fourth-order valence-electron chi connectivity index (χ4n) is 1.90. The number of aromatic nitrogens is 2. The molecule has 5 nitrogen and oxygen atoms in total. The van der Waals surface area contributed by atoms with Crippen molar-refractivity contribution in [2.45, 2.75) is 20.3 Å². The molecule has 0 spiro atoms. The first-order valence-corrected chi connectivity index (χ1v) is 6.21. The van der Waals surface area contributed by atoms with Gasteiger partial charge in [0, 0.05) is 24.6 Å². The SMILES string of the molecule is CCc1nn(C)cc1C(=O)Nc1ccc(C)c(N)c1. The highest BCUT2D eigenvalue weighted by Crippen LogP contribution is 2.18. The summed E-state index contributed by atoms with van der Waals surface area (Å²) in [5, 5.41) is 7.10. The predicted octanol–water partition coefficient (Wildman–Crippen LogP) is 2.13. The van der Waals surface area contributed by atoms with Crippen LogP contribution in [0.15, 0.2) is 24.4 Å². The van der Waals surface area contributed by atoms with E-state index in [2.05, 4.69) is 10.4 Å². The van der Waals surface area contributed by atoms with E-state index in [4.69, 9.17) is 5.73 Å². The van der Waals surface area contributed by atoms with Gasteiger partial charge < -0.3 is 11.1 Å². The third-order valence-corrected chi connectivity index (χ3v) is 3.02. The summed E-state index contributed by atoms with van der Waals surface area (Å²) in [6.45, 7) is 3.90. The molecule has 19 heavy (non-hydrogen) atoms. The second-order valence-electron chi connectivity index (χ2n) is 4.54. The summed E-state index contributed by atoms with van der Waals surface area (Å²) in [4.78, 5) is 12.2. The number of anilines is 2. The Morgan fingerprint density at radius 1 is 1.47 bits per heavy atom. The Labute approximate surface area is 112 Å². The molecule has 0 atom stereocenters. The summed E-state index contributed by atoms with van der Waals surface area (Å²) in [6, 6.07) is 5.48. The minimum Gasteiger partial charge on any atom is -0.398 e. The number of aryl methyl sites for hydroxylation is 3. The van der Waals surface area contributed by atoms with Crippen LogP contribution in [0.2, 0.25) is 0 Å². The van der Waals surface area contributed by atoms with Gasteiger partial charge in [-0.2, -0.15) is 5.10 Å². The van der Waals surface area contributed by atoms with Crippen molar-refractivity contribution in [1.29, 1.82) is 0 Å². The monoisotopic (exact) mass is 258 g/mol. The topological polar surface area (TPSA) is 72.9 Å². The van der Waals surface area contributed by atoms with Gasteiger partial charge in [0.2, 0.25) is 0 Å². The van der Waals surface area contributed by atoms with E-state index in [1.807, 2.05) is 26.0 Å². The Balaban J connectivity index is 2.22. The molecule has 1 aromatic heterocycles. The van der Waals surface area contributed by atoms with Crippen LogP contribution in [0.1, 0.15) is 28.5 Å². The van der Waals surface area contributed by atoms with Crippen LogP contribution < -0.4 is 11.1 Å². The normalized spacial score (nSPS) is 10.5. The lowest BCUT2D eigenvalue weighted by Gasteiger charge is -2.07. The average molecular weight is 258 g/mol. The lowest BCUT2D eigenvalue weighted by atomic mass is 10.1. The van der Waals surface area contributed by atoms with E-state index in [0.717, 1.165) is 17.7 Å². The lowest BCUT2D eigenvalue weighted by Crippen LogP contribution is -2.13. The largest absolute Gasteiger partial charge is 0.398 e. The molecule has 1 heterocycles. The zero-order valence-electron chi connectivity index (χ0n) is 11.4. The van der Waals surface area contributed by atoms with Crippen molar-refractivity contribution in [3.8, 4) is 0 Å². The fraction of sp³-hybridized carbons (Fsp3) is 0.286. The molecule has 5 heteroatoms. The van der Waals surface area contributed by atoms with Gasteiger partial charge in [-0.05, 0) is 31.0 Å². The van der Waals surface area contributed by atoms with E-state index in [0.29, 0.717) is 16.9 Å². The smallest absolute Gasteiger partial charge is 0.259 e. The molecule has 0 aliphatic rings. The van der Waals surface area contributed by atoms with Gasteiger partial charge in [0.25, 0.3) is 5.91 Å². The Morgan fingerprint density at radius 2 is 2.21 bits per heavy atom. The van der Waals surface area contributed by atoms with Crippen LogP contribution >= 0.6 is 0 Å². The van der Waals surface area contributed by atoms with Gasteiger partial charge in [0.05, 0.1) is 11.3 Å². The standard InChI is InChI=1S/C14H18N4O/c1-4-13-11(8-18(3)17-13)14(19)16-10-6-5-9(2)12(15)7-10/h5-8H,4,15H2,1-3H3,(H,16,19). The number of nitrogens with one attached hydrogen (secondary N) is 1. The van der Waals surface area contributed by atoms with Crippen LogP contribution in [0.5, 0.6) is 0 Å². The molecule has 0 aliphatic heterocycles. The van der Waals surface area contributed by atoms with E-state index < -0.39 is 0 Å². The Bertz CT molecular complexity index is 616. The first kappa shape index (κ1) is 13.1. The van der Waals surface area contributed by atoms with Crippen molar-refractivity contribution >= 4 is 17.3 Å². The summed E-state index contributed by atoms with van der Waals surface area (Å²) in [7, 11) is 1.81. The summed E-state index contributed by atoms with van der Waals surface area (Å²) in [5.41, 5.74) is 9.57. The molecule has 0 saturated carbocycles. The number of hydrogen-bond donors (Lipinski definition) is 2. The quantitative estimate of drug-likeness (QED) is 0.828. The number of carbonyl (C=O) groups is 1. The van der Waals surface area contributed by atoms with E-state index in [1.165, 1.54) is 0 Å². The van der Waals surface area contributed by atoms with Crippen LogP contribution in [-0.2, 0) is 13.5 Å². The van der Waals surface area contributed by atoms with Gasteiger partial charge in [0.1, 0.15) is 0 Å². The summed E-state index contributed by atoms with van der Waals surface area (Å²) < 4.78 is 1.65. The number of carbonyl (C=O) groups excluding carboxylic acids is 1. The maximum atomic E-state index is 12.2. The van der Waals surface area contributed by atoms with Crippen LogP contribution in [0.25, 0.3) is 0 Å². The molecule has 0 fully saturated rings. The predicted molar refractivity (Wildman–Crippen MR) is 76.1 cm³/mol. The number of amides is 1. The van der Waals surface area contributed by atoms with Gasteiger partial charge in [-0.15, -0.1) is 0 Å². The maximum absolute atomic E-state index is 12.2. The molecule has 1 amide bonds. The van der Waals surface area contributed by atoms with Gasteiger partial charge in [-0.25, -0.2) is 0 Å². The van der Waals surface area contributed by atoms with Crippen LogP contribution in [0.4, 0.5) is 11.4 Å². The second-order valence-corrected chi connectivity index (χ2v) is 4.54. The molecule has 3 N–H and O–H groups in total. The summed E-state index contributed by atoms with van der Waals surface area (Å²) in [6.07, 6.45) is 2.45. The third-order valence-electron chi connectivity index (χ3n) is 3.02. The van der Waals surface area contributed by atoms with Crippen LogP contribution in [-0.4, -0.2) is 15.7 Å². The number of nitrogen functional groups attached to an aromatic ring is 1. The molecule has 0 saturated heterocycles.